The number of nitrogens with one attached hydrogen (secondary N) is 1. The second kappa shape index (κ2) is 6.73. The average molecular weight is 326 g/mol. The third kappa shape index (κ3) is 3.64. The number of aryl methyl sites for hydroxylation is 1. The van der Waals surface area contributed by atoms with E-state index < -0.39 is 5.97 Å². The topological polar surface area (TPSA) is 115 Å². The largest absolute Gasteiger partial charge is 0.476 e. The zero-order chi connectivity index (χ0) is 16.9. The van der Waals surface area contributed by atoms with Crippen LogP contribution in [0.25, 0.3) is 5.69 Å². The van der Waals surface area contributed by atoms with Gasteiger partial charge in [-0.3, -0.25) is 9.48 Å². The molecular formula is C15H14N6O3. The lowest BCUT2D eigenvalue weighted by molar-refractivity contribution is -0.116. The summed E-state index contributed by atoms with van der Waals surface area (Å²) >= 11 is 0. The first kappa shape index (κ1) is 15.4. The fraction of sp³-hybridized carbons (Fsp3) is 0.133. The molecule has 0 saturated carbocycles. The number of carbonyl (C=O) groups excluding carboxylic acids is 1. The van der Waals surface area contributed by atoms with Crippen molar-refractivity contribution in [2.75, 3.05) is 5.32 Å². The van der Waals surface area contributed by atoms with Gasteiger partial charge in [-0.2, -0.15) is 10.2 Å². The van der Waals surface area contributed by atoms with Gasteiger partial charge in [0.2, 0.25) is 5.91 Å². The number of carboxylic acid groups (broad SMARTS) is 1. The molecule has 0 aliphatic heterocycles. The van der Waals surface area contributed by atoms with Gasteiger partial charge in [0.15, 0.2) is 5.69 Å². The fourth-order valence-corrected chi connectivity index (χ4v) is 2.10. The number of carboxylic acids is 1. The maximum atomic E-state index is 12.0. The number of anilines is 1. The van der Waals surface area contributed by atoms with Gasteiger partial charge in [-0.05, 0) is 24.3 Å². The van der Waals surface area contributed by atoms with Crippen LogP contribution in [-0.4, -0.2) is 41.5 Å². The number of hydrogen-bond donors (Lipinski definition) is 2. The second-order valence-corrected chi connectivity index (χ2v) is 4.96. The summed E-state index contributed by atoms with van der Waals surface area (Å²) in [5, 5.41) is 19.6. The highest BCUT2D eigenvalue weighted by Crippen LogP contribution is 2.15. The monoisotopic (exact) mass is 326 g/mol. The van der Waals surface area contributed by atoms with Crippen molar-refractivity contribution in [3.63, 3.8) is 0 Å². The number of amides is 1. The number of carbonyl (C=O) groups is 2. The van der Waals surface area contributed by atoms with Crippen LogP contribution in [0.1, 0.15) is 16.9 Å². The maximum Gasteiger partial charge on any atom is 0.356 e. The Kier molecular flexibility index (Phi) is 4.32. The van der Waals surface area contributed by atoms with Crippen molar-refractivity contribution in [2.45, 2.75) is 13.0 Å². The third-order valence-corrected chi connectivity index (χ3v) is 3.24. The SMILES string of the molecule is O=C(CCn1cncn1)Nc1cccc(-n2ccc(C(=O)O)n2)c1. The highest BCUT2D eigenvalue weighted by atomic mass is 16.4. The quantitative estimate of drug-likeness (QED) is 0.703. The number of aromatic nitrogens is 5. The van der Waals surface area contributed by atoms with E-state index in [-0.39, 0.29) is 18.0 Å². The average Bonchev–Trinajstić information content (AvgIpc) is 3.25. The van der Waals surface area contributed by atoms with Crippen LogP contribution in [0.3, 0.4) is 0 Å². The van der Waals surface area contributed by atoms with Crippen molar-refractivity contribution in [3.8, 4) is 5.69 Å². The van der Waals surface area contributed by atoms with Crippen LogP contribution in [0, 0.1) is 0 Å². The molecule has 0 aliphatic rings. The Balaban J connectivity index is 1.66. The van der Waals surface area contributed by atoms with Crippen LogP contribution in [0.15, 0.2) is 49.2 Å². The molecule has 0 fully saturated rings. The first-order chi connectivity index (χ1) is 11.6. The number of hydrogen-bond acceptors (Lipinski definition) is 5. The van der Waals surface area contributed by atoms with Gasteiger partial charge in [-0.1, -0.05) is 6.07 Å². The predicted octanol–water partition coefficient (Wildman–Crippen LogP) is 1.19. The normalized spacial score (nSPS) is 10.5. The van der Waals surface area contributed by atoms with Crippen molar-refractivity contribution in [3.05, 3.63) is 54.9 Å². The molecule has 0 radical (unpaired) electrons. The highest BCUT2D eigenvalue weighted by Gasteiger charge is 2.09. The van der Waals surface area contributed by atoms with E-state index in [0.717, 1.165) is 0 Å². The fourth-order valence-electron chi connectivity index (χ4n) is 2.10. The molecule has 24 heavy (non-hydrogen) atoms. The Bertz CT molecular complexity index is 856. The van der Waals surface area contributed by atoms with Gasteiger partial charge in [0, 0.05) is 18.3 Å². The van der Waals surface area contributed by atoms with E-state index in [1.807, 2.05) is 0 Å². The van der Waals surface area contributed by atoms with Crippen molar-refractivity contribution in [1.82, 2.24) is 24.5 Å². The van der Waals surface area contributed by atoms with Gasteiger partial charge in [-0.15, -0.1) is 0 Å². The zero-order valence-electron chi connectivity index (χ0n) is 12.5. The summed E-state index contributed by atoms with van der Waals surface area (Å²) in [6.07, 6.45) is 4.77. The number of aromatic carboxylic acids is 1. The number of rotatable bonds is 6. The van der Waals surface area contributed by atoms with Crippen LogP contribution < -0.4 is 5.32 Å². The van der Waals surface area contributed by atoms with E-state index in [9.17, 15) is 9.59 Å². The van der Waals surface area contributed by atoms with E-state index in [2.05, 4.69) is 20.5 Å². The first-order valence-electron chi connectivity index (χ1n) is 7.13. The Morgan fingerprint density at radius 2 is 2.12 bits per heavy atom. The smallest absolute Gasteiger partial charge is 0.356 e. The Hall–Kier alpha value is -3.49. The molecule has 2 N–H and O–H groups in total. The van der Waals surface area contributed by atoms with E-state index >= 15 is 0 Å². The van der Waals surface area contributed by atoms with E-state index in [0.29, 0.717) is 17.9 Å². The van der Waals surface area contributed by atoms with Gasteiger partial charge in [0.1, 0.15) is 12.7 Å². The minimum absolute atomic E-state index is 0.0442. The van der Waals surface area contributed by atoms with Crippen LogP contribution >= 0.6 is 0 Å². The van der Waals surface area contributed by atoms with Crippen LogP contribution in [0.4, 0.5) is 5.69 Å². The first-order valence-corrected chi connectivity index (χ1v) is 7.13. The molecule has 2 aromatic heterocycles. The van der Waals surface area contributed by atoms with E-state index in [1.165, 1.54) is 17.1 Å². The Morgan fingerprint density at radius 1 is 1.25 bits per heavy atom. The second-order valence-electron chi connectivity index (χ2n) is 4.96. The van der Waals surface area contributed by atoms with Gasteiger partial charge >= 0.3 is 5.97 Å². The molecule has 1 amide bonds. The van der Waals surface area contributed by atoms with E-state index in [1.54, 1.807) is 41.5 Å². The molecule has 2 heterocycles. The summed E-state index contributed by atoms with van der Waals surface area (Å²) in [5.74, 6) is -1.25. The van der Waals surface area contributed by atoms with Crippen LogP contribution in [0.5, 0.6) is 0 Å². The van der Waals surface area contributed by atoms with Crippen LogP contribution in [-0.2, 0) is 11.3 Å². The molecule has 3 aromatic rings. The van der Waals surface area contributed by atoms with Crippen molar-refractivity contribution >= 4 is 17.6 Å². The van der Waals surface area contributed by atoms with Crippen molar-refractivity contribution < 1.29 is 14.7 Å². The zero-order valence-corrected chi connectivity index (χ0v) is 12.5. The Morgan fingerprint density at radius 3 is 2.83 bits per heavy atom. The molecule has 122 valence electrons. The lowest BCUT2D eigenvalue weighted by Crippen LogP contribution is -2.15. The molecule has 1 aromatic carbocycles. The van der Waals surface area contributed by atoms with Crippen molar-refractivity contribution in [2.24, 2.45) is 0 Å². The minimum Gasteiger partial charge on any atom is -0.476 e. The third-order valence-electron chi connectivity index (χ3n) is 3.24. The molecule has 0 saturated heterocycles. The minimum atomic E-state index is -1.09. The Labute approximate surface area is 136 Å². The summed E-state index contributed by atoms with van der Waals surface area (Å²) in [6.45, 7) is 0.437. The molecule has 0 bridgehead atoms. The van der Waals surface area contributed by atoms with Crippen LogP contribution in [0.2, 0.25) is 0 Å². The molecule has 9 heteroatoms. The molecule has 0 spiro atoms. The molecule has 0 unspecified atom stereocenters. The molecule has 0 aliphatic carbocycles. The van der Waals surface area contributed by atoms with Gasteiger partial charge in [0.25, 0.3) is 0 Å². The maximum absolute atomic E-state index is 12.0. The van der Waals surface area contributed by atoms with Gasteiger partial charge in [0.05, 0.1) is 12.2 Å². The number of nitrogens with zero attached hydrogens (tertiary/aromatic N) is 5. The van der Waals surface area contributed by atoms with Gasteiger partial charge in [-0.25, -0.2) is 14.5 Å². The van der Waals surface area contributed by atoms with Crippen molar-refractivity contribution in [1.29, 1.82) is 0 Å². The predicted molar refractivity (Wildman–Crippen MR) is 83.8 cm³/mol. The standard InChI is InChI=1S/C15H14N6O3/c22-14(5-6-20-10-16-9-17-20)18-11-2-1-3-12(8-11)21-7-4-13(19-21)15(23)24/h1-4,7-10H,5-6H2,(H,18,22)(H,23,24). The summed E-state index contributed by atoms with van der Waals surface area (Å²) in [5.41, 5.74) is 1.21. The summed E-state index contributed by atoms with van der Waals surface area (Å²) < 4.78 is 3.02. The number of benzene rings is 1. The van der Waals surface area contributed by atoms with Gasteiger partial charge < -0.3 is 10.4 Å². The molecule has 9 nitrogen and oxygen atoms in total. The summed E-state index contributed by atoms with van der Waals surface area (Å²) in [7, 11) is 0. The summed E-state index contributed by atoms with van der Waals surface area (Å²) in [6, 6.07) is 8.39. The lowest BCUT2D eigenvalue weighted by Gasteiger charge is -2.07. The highest BCUT2D eigenvalue weighted by molar-refractivity contribution is 5.91. The molecule has 0 atom stereocenters. The van der Waals surface area contributed by atoms with E-state index in [4.69, 9.17) is 5.11 Å². The molecule has 3 rings (SSSR count). The lowest BCUT2D eigenvalue weighted by atomic mass is 10.2. The molecular weight excluding hydrogens is 312 g/mol. The summed E-state index contributed by atoms with van der Waals surface area (Å²) in [4.78, 5) is 26.7.